The molecule has 4 nitrogen and oxygen atoms in total. The molecule has 0 spiro atoms. The number of benzene rings is 2. The van der Waals surface area contributed by atoms with Gasteiger partial charge in [-0.2, -0.15) is 0 Å². The Hall–Kier alpha value is -2.17. The van der Waals surface area contributed by atoms with Crippen molar-refractivity contribution in [1.82, 2.24) is 4.90 Å². The van der Waals surface area contributed by atoms with Crippen molar-refractivity contribution in [2.45, 2.75) is 6.10 Å². The van der Waals surface area contributed by atoms with E-state index in [1.54, 1.807) is 4.90 Å². The van der Waals surface area contributed by atoms with E-state index in [0.717, 1.165) is 11.1 Å². The molecule has 1 fully saturated rings. The molecule has 0 radical (unpaired) electrons. The van der Waals surface area contributed by atoms with Crippen LogP contribution in [0.3, 0.4) is 0 Å². The maximum absolute atomic E-state index is 12.9. The predicted molar refractivity (Wildman–Crippen MR) is 84.6 cm³/mol. The van der Waals surface area contributed by atoms with Crippen LogP contribution in [-0.2, 0) is 4.74 Å². The number of nitrogens with zero attached hydrogens (tertiary/aromatic N) is 1. The molecule has 0 aliphatic carbocycles. The van der Waals surface area contributed by atoms with Crippen LogP contribution in [0.2, 0.25) is 0 Å². The fourth-order valence-corrected chi connectivity index (χ4v) is 2.69. The molecule has 1 aliphatic heterocycles. The summed E-state index contributed by atoms with van der Waals surface area (Å²) in [7, 11) is 0. The first-order valence-electron chi connectivity index (χ1n) is 7.45. The van der Waals surface area contributed by atoms with Crippen LogP contribution in [0.25, 0.3) is 11.1 Å². The average molecular weight is 297 g/mol. The molecule has 3 rings (SSSR count). The lowest BCUT2D eigenvalue weighted by molar-refractivity contribution is 0.0534. The van der Waals surface area contributed by atoms with Gasteiger partial charge in [0, 0.05) is 18.7 Å². The standard InChI is InChI=1S/C18H19NO3/c20-15-12-19(10-11-22-13-15)18(21)17-9-5-4-8-16(17)14-6-2-1-3-7-14/h1-9,15,20H,10-13H2. The minimum Gasteiger partial charge on any atom is -0.389 e. The number of hydrogen-bond donors (Lipinski definition) is 1. The molecule has 1 N–H and O–H groups in total. The van der Waals surface area contributed by atoms with Crippen molar-refractivity contribution in [2.75, 3.05) is 26.3 Å². The number of rotatable bonds is 2. The van der Waals surface area contributed by atoms with Crippen molar-refractivity contribution in [3.63, 3.8) is 0 Å². The number of carbonyl (C=O) groups is 1. The fourth-order valence-electron chi connectivity index (χ4n) is 2.69. The third-order valence-corrected chi connectivity index (χ3v) is 3.78. The Kier molecular flexibility index (Phi) is 4.51. The summed E-state index contributed by atoms with van der Waals surface area (Å²) < 4.78 is 5.29. The highest BCUT2D eigenvalue weighted by Crippen LogP contribution is 2.24. The van der Waals surface area contributed by atoms with Crippen LogP contribution in [0.15, 0.2) is 54.6 Å². The van der Waals surface area contributed by atoms with Crippen molar-refractivity contribution in [3.05, 3.63) is 60.2 Å². The smallest absolute Gasteiger partial charge is 0.254 e. The van der Waals surface area contributed by atoms with Crippen LogP contribution in [0.1, 0.15) is 10.4 Å². The monoisotopic (exact) mass is 297 g/mol. The van der Waals surface area contributed by atoms with Gasteiger partial charge >= 0.3 is 0 Å². The van der Waals surface area contributed by atoms with E-state index in [9.17, 15) is 9.90 Å². The second-order valence-electron chi connectivity index (χ2n) is 5.39. The van der Waals surface area contributed by atoms with Gasteiger partial charge in [-0.1, -0.05) is 48.5 Å². The Morgan fingerprint density at radius 1 is 1.09 bits per heavy atom. The summed E-state index contributed by atoms with van der Waals surface area (Å²) in [5.74, 6) is -0.0657. The average Bonchev–Trinajstić information content (AvgIpc) is 2.79. The van der Waals surface area contributed by atoms with Crippen LogP contribution in [0.5, 0.6) is 0 Å². The van der Waals surface area contributed by atoms with Crippen LogP contribution in [0.4, 0.5) is 0 Å². The number of β-amino-alcohol motifs (C(OH)–C–C–N with tert-alkyl or cyclic N) is 1. The highest BCUT2D eigenvalue weighted by atomic mass is 16.5. The zero-order chi connectivity index (χ0) is 15.4. The Morgan fingerprint density at radius 3 is 2.64 bits per heavy atom. The van der Waals surface area contributed by atoms with Crippen molar-refractivity contribution in [1.29, 1.82) is 0 Å². The molecule has 1 atom stereocenters. The molecular weight excluding hydrogens is 278 g/mol. The third-order valence-electron chi connectivity index (χ3n) is 3.78. The first-order chi connectivity index (χ1) is 10.8. The number of aliphatic hydroxyl groups excluding tert-OH is 1. The normalized spacial score (nSPS) is 18.8. The Bertz CT molecular complexity index is 642. The molecule has 1 aliphatic rings. The van der Waals surface area contributed by atoms with Crippen molar-refractivity contribution >= 4 is 5.91 Å². The molecule has 22 heavy (non-hydrogen) atoms. The molecule has 1 heterocycles. The summed E-state index contributed by atoms with van der Waals surface area (Å²) in [6, 6.07) is 17.4. The van der Waals surface area contributed by atoms with E-state index in [1.165, 1.54) is 0 Å². The van der Waals surface area contributed by atoms with E-state index in [0.29, 0.717) is 25.3 Å². The first kappa shape index (κ1) is 14.8. The van der Waals surface area contributed by atoms with E-state index in [2.05, 4.69) is 0 Å². The van der Waals surface area contributed by atoms with Crippen LogP contribution in [0, 0.1) is 0 Å². The molecule has 2 aromatic carbocycles. The SMILES string of the molecule is O=C(c1ccccc1-c1ccccc1)N1CCOCC(O)C1. The summed E-state index contributed by atoms with van der Waals surface area (Å²) in [6.07, 6.45) is -0.629. The summed E-state index contributed by atoms with van der Waals surface area (Å²) >= 11 is 0. The topological polar surface area (TPSA) is 49.8 Å². The van der Waals surface area contributed by atoms with E-state index in [-0.39, 0.29) is 12.5 Å². The first-order valence-corrected chi connectivity index (χ1v) is 7.45. The van der Waals surface area contributed by atoms with Crippen LogP contribution < -0.4 is 0 Å². The molecular formula is C18H19NO3. The van der Waals surface area contributed by atoms with Crippen LogP contribution >= 0.6 is 0 Å². The zero-order valence-electron chi connectivity index (χ0n) is 12.3. The highest BCUT2D eigenvalue weighted by Gasteiger charge is 2.23. The molecule has 1 amide bonds. The number of amides is 1. The van der Waals surface area contributed by atoms with Crippen LogP contribution in [-0.4, -0.2) is 48.3 Å². The molecule has 1 saturated heterocycles. The molecule has 0 saturated carbocycles. The Morgan fingerprint density at radius 2 is 1.82 bits per heavy atom. The molecule has 4 heteroatoms. The summed E-state index contributed by atoms with van der Waals surface area (Å²) in [6.45, 7) is 1.54. The van der Waals surface area contributed by atoms with Gasteiger partial charge < -0.3 is 14.7 Å². The molecule has 2 aromatic rings. The van der Waals surface area contributed by atoms with E-state index in [1.807, 2.05) is 54.6 Å². The number of hydrogen-bond acceptors (Lipinski definition) is 3. The predicted octanol–water partition coefficient (Wildman–Crippen LogP) is 2.19. The largest absolute Gasteiger partial charge is 0.389 e. The highest BCUT2D eigenvalue weighted by molar-refractivity contribution is 6.00. The molecule has 0 aromatic heterocycles. The van der Waals surface area contributed by atoms with E-state index >= 15 is 0 Å². The van der Waals surface area contributed by atoms with Gasteiger partial charge in [0.2, 0.25) is 0 Å². The number of aliphatic hydroxyl groups is 1. The minimum atomic E-state index is -0.629. The Labute approximate surface area is 130 Å². The van der Waals surface area contributed by atoms with Gasteiger partial charge in [0.25, 0.3) is 5.91 Å². The maximum Gasteiger partial charge on any atom is 0.254 e. The Balaban J connectivity index is 1.93. The summed E-state index contributed by atoms with van der Waals surface area (Å²) in [5.41, 5.74) is 2.58. The van der Waals surface area contributed by atoms with Gasteiger partial charge in [-0.05, 0) is 17.2 Å². The second-order valence-corrected chi connectivity index (χ2v) is 5.39. The quantitative estimate of drug-likeness (QED) is 0.924. The third kappa shape index (κ3) is 3.18. The van der Waals surface area contributed by atoms with Gasteiger partial charge in [0.05, 0.1) is 19.3 Å². The number of carbonyl (C=O) groups excluding carboxylic acids is 1. The van der Waals surface area contributed by atoms with E-state index < -0.39 is 6.10 Å². The lowest BCUT2D eigenvalue weighted by atomic mass is 9.99. The lowest BCUT2D eigenvalue weighted by Crippen LogP contribution is -2.37. The van der Waals surface area contributed by atoms with E-state index in [4.69, 9.17) is 4.74 Å². The molecule has 1 unspecified atom stereocenters. The summed E-state index contributed by atoms with van der Waals surface area (Å²) in [4.78, 5) is 14.5. The van der Waals surface area contributed by atoms with Crippen molar-refractivity contribution < 1.29 is 14.6 Å². The molecule has 114 valence electrons. The minimum absolute atomic E-state index is 0.0657. The maximum atomic E-state index is 12.9. The van der Waals surface area contributed by atoms with Gasteiger partial charge in [-0.3, -0.25) is 4.79 Å². The van der Waals surface area contributed by atoms with Crippen molar-refractivity contribution in [3.8, 4) is 11.1 Å². The van der Waals surface area contributed by atoms with Gasteiger partial charge in [0.1, 0.15) is 0 Å². The van der Waals surface area contributed by atoms with Gasteiger partial charge in [0.15, 0.2) is 0 Å². The van der Waals surface area contributed by atoms with Gasteiger partial charge in [-0.15, -0.1) is 0 Å². The number of ether oxygens (including phenoxy) is 1. The fraction of sp³-hybridized carbons (Fsp3) is 0.278. The summed E-state index contributed by atoms with van der Waals surface area (Å²) in [5, 5.41) is 9.82. The van der Waals surface area contributed by atoms with Crippen molar-refractivity contribution in [2.24, 2.45) is 0 Å². The lowest BCUT2D eigenvalue weighted by Gasteiger charge is -2.22. The second kappa shape index (κ2) is 6.73. The van der Waals surface area contributed by atoms with Gasteiger partial charge in [-0.25, -0.2) is 0 Å². The molecule has 0 bridgehead atoms. The zero-order valence-corrected chi connectivity index (χ0v) is 12.3.